The maximum atomic E-state index is 4.35. The fourth-order valence-corrected chi connectivity index (χ4v) is 2.06. The van der Waals surface area contributed by atoms with Crippen LogP contribution in [0.5, 0.6) is 0 Å². The highest BCUT2D eigenvalue weighted by Crippen LogP contribution is 2.17. The molecule has 1 rings (SSSR count). The normalized spacial score (nSPS) is 15.1. The van der Waals surface area contributed by atoms with Crippen molar-refractivity contribution in [3.05, 3.63) is 17.7 Å². The van der Waals surface area contributed by atoms with Gasteiger partial charge in [0.1, 0.15) is 0 Å². The summed E-state index contributed by atoms with van der Waals surface area (Å²) in [5, 5.41) is 3.53. The van der Waals surface area contributed by atoms with Crippen molar-refractivity contribution in [3.8, 4) is 0 Å². The zero-order valence-corrected chi connectivity index (χ0v) is 11.2. The largest absolute Gasteiger partial charge is 0.332 e. The van der Waals surface area contributed by atoms with E-state index in [0.29, 0.717) is 12.1 Å². The molecule has 1 aromatic heterocycles. The minimum atomic E-state index is 0.514. The van der Waals surface area contributed by atoms with E-state index in [1.165, 1.54) is 12.1 Å². The summed E-state index contributed by atoms with van der Waals surface area (Å²) in [6.07, 6.45) is 4.31. The molecule has 3 nitrogen and oxygen atoms in total. The summed E-state index contributed by atoms with van der Waals surface area (Å²) in [5.41, 5.74) is 2.43. The molecule has 0 amide bonds. The minimum Gasteiger partial charge on any atom is -0.332 e. The molecule has 0 radical (unpaired) electrons. The van der Waals surface area contributed by atoms with E-state index in [0.717, 1.165) is 18.7 Å². The first-order chi connectivity index (χ1) is 7.56. The van der Waals surface area contributed by atoms with Gasteiger partial charge in [0, 0.05) is 17.8 Å². The molecule has 16 heavy (non-hydrogen) atoms. The van der Waals surface area contributed by atoms with E-state index in [-0.39, 0.29) is 0 Å². The Morgan fingerprint density at radius 1 is 1.38 bits per heavy atom. The van der Waals surface area contributed by atoms with Crippen molar-refractivity contribution in [3.63, 3.8) is 0 Å². The number of rotatable bonds is 6. The van der Waals surface area contributed by atoms with Crippen LogP contribution in [0, 0.1) is 13.8 Å². The molecule has 0 aliphatic rings. The van der Waals surface area contributed by atoms with Crippen LogP contribution in [0.2, 0.25) is 0 Å². The number of nitrogens with zero attached hydrogens (tertiary/aromatic N) is 2. The molecule has 3 heteroatoms. The van der Waals surface area contributed by atoms with Crippen LogP contribution in [0.3, 0.4) is 0 Å². The molecule has 0 bridgehead atoms. The van der Waals surface area contributed by atoms with Gasteiger partial charge in [0.2, 0.25) is 0 Å². The number of aryl methyl sites for hydroxylation is 1. The number of nitrogens with one attached hydrogen (secondary N) is 1. The van der Waals surface area contributed by atoms with Crippen molar-refractivity contribution >= 4 is 0 Å². The fourth-order valence-electron chi connectivity index (χ4n) is 2.06. The molecule has 2 atom stereocenters. The second-order valence-corrected chi connectivity index (χ2v) is 4.76. The Balaban J connectivity index is 2.52. The lowest BCUT2D eigenvalue weighted by Gasteiger charge is -2.20. The van der Waals surface area contributed by atoms with Gasteiger partial charge in [-0.3, -0.25) is 0 Å². The van der Waals surface area contributed by atoms with Crippen LogP contribution in [-0.2, 0) is 0 Å². The lowest BCUT2D eigenvalue weighted by molar-refractivity contribution is 0.409. The van der Waals surface area contributed by atoms with Gasteiger partial charge in [0.05, 0.1) is 12.0 Å². The quantitative estimate of drug-likeness (QED) is 0.803. The average Bonchev–Trinajstić information content (AvgIpc) is 2.57. The zero-order chi connectivity index (χ0) is 12.1. The third kappa shape index (κ3) is 3.34. The Bertz CT molecular complexity index is 317. The number of hydrogen-bond donors (Lipinski definition) is 1. The molecule has 0 saturated heterocycles. The number of hydrogen-bond acceptors (Lipinski definition) is 2. The van der Waals surface area contributed by atoms with Crippen LogP contribution in [0.25, 0.3) is 0 Å². The standard InChI is InChI=1S/C13H25N3/c1-6-7-14-10(2)8-11(3)16-9-15-12(4)13(16)5/h9-11,14H,6-8H2,1-5H3. The molecule has 0 spiro atoms. The van der Waals surface area contributed by atoms with E-state index >= 15 is 0 Å². The zero-order valence-electron chi connectivity index (χ0n) is 11.2. The Kier molecular flexibility index (Phi) is 5.00. The predicted octanol–water partition coefficient (Wildman–Crippen LogP) is 2.84. The van der Waals surface area contributed by atoms with Crippen LogP contribution >= 0.6 is 0 Å². The van der Waals surface area contributed by atoms with Gasteiger partial charge in [-0.05, 0) is 47.1 Å². The molecule has 92 valence electrons. The molecule has 1 N–H and O–H groups in total. The summed E-state index contributed by atoms with van der Waals surface area (Å²) in [5.74, 6) is 0. The summed E-state index contributed by atoms with van der Waals surface area (Å²) in [7, 11) is 0. The number of aromatic nitrogens is 2. The Morgan fingerprint density at radius 3 is 2.56 bits per heavy atom. The van der Waals surface area contributed by atoms with Crippen molar-refractivity contribution < 1.29 is 0 Å². The minimum absolute atomic E-state index is 0.514. The molecule has 0 aromatic carbocycles. The highest BCUT2D eigenvalue weighted by atomic mass is 15.1. The van der Waals surface area contributed by atoms with E-state index in [4.69, 9.17) is 0 Å². The second-order valence-electron chi connectivity index (χ2n) is 4.76. The van der Waals surface area contributed by atoms with Crippen LogP contribution in [0.1, 0.15) is 51.0 Å². The summed E-state index contributed by atoms with van der Waals surface area (Å²) in [6, 6.07) is 1.08. The van der Waals surface area contributed by atoms with Crippen LogP contribution in [-0.4, -0.2) is 22.1 Å². The highest BCUT2D eigenvalue weighted by Gasteiger charge is 2.12. The van der Waals surface area contributed by atoms with Crippen LogP contribution < -0.4 is 5.32 Å². The molecule has 1 aromatic rings. The Morgan fingerprint density at radius 2 is 2.06 bits per heavy atom. The molecule has 1 heterocycles. The van der Waals surface area contributed by atoms with Crippen molar-refractivity contribution in [2.45, 2.75) is 59.5 Å². The molecule has 2 unspecified atom stereocenters. The van der Waals surface area contributed by atoms with Crippen molar-refractivity contribution in [2.24, 2.45) is 0 Å². The maximum Gasteiger partial charge on any atom is 0.0953 e. The summed E-state index contributed by atoms with van der Waals surface area (Å²) in [6.45, 7) is 12.0. The summed E-state index contributed by atoms with van der Waals surface area (Å²) in [4.78, 5) is 4.35. The molecular formula is C13H25N3. The molecular weight excluding hydrogens is 198 g/mol. The lowest BCUT2D eigenvalue weighted by Crippen LogP contribution is -2.29. The maximum absolute atomic E-state index is 4.35. The first kappa shape index (κ1) is 13.2. The van der Waals surface area contributed by atoms with Crippen molar-refractivity contribution in [1.82, 2.24) is 14.9 Å². The van der Waals surface area contributed by atoms with E-state index in [1.807, 2.05) is 6.33 Å². The van der Waals surface area contributed by atoms with Gasteiger partial charge in [-0.2, -0.15) is 0 Å². The van der Waals surface area contributed by atoms with Gasteiger partial charge in [0.25, 0.3) is 0 Å². The predicted molar refractivity (Wildman–Crippen MR) is 68.8 cm³/mol. The van der Waals surface area contributed by atoms with E-state index in [2.05, 4.69) is 49.5 Å². The monoisotopic (exact) mass is 223 g/mol. The van der Waals surface area contributed by atoms with Gasteiger partial charge >= 0.3 is 0 Å². The smallest absolute Gasteiger partial charge is 0.0953 e. The van der Waals surface area contributed by atoms with E-state index in [9.17, 15) is 0 Å². The van der Waals surface area contributed by atoms with Gasteiger partial charge in [-0.15, -0.1) is 0 Å². The van der Waals surface area contributed by atoms with E-state index < -0.39 is 0 Å². The Hall–Kier alpha value is -0.830. The van der Waals surface area contributed by atoms with Crippen LogP contribution in [0.4, 0.5) is 0 Å². The summed E-state index contributed by atoms with van der Waals surface area (Å²) < 4.78 is 2.28. The van der Waals surface area contributed by atoms with Crippen molar-refractivity contribution in [1.29, 1.82) is 0 Å². The van der Waals surface area contributed by atoms with Gasteiger partial charge in [0.15, 0.2) is 0 Å². The molecule has 0 saturated carbocycles. The fraction of sp³-hybridized carbons (Fsp3) is 0.769. The van der Waals surface area contributed by atoms with Gasteiger partial charge in [-0.1, -0.05) is 6.92 Å². The lowest BCUT2D eigenvalue weighted by atomic mass is 10.1. The first-order valence-electron chi connectivity index (χ1n) is 6.29. The van der Waals surface area contributed by atoms with Gasteiger partial charge < -0.3 is 9.88 Å². The topological polar surface area (TPSA) is 29.9 Å². The average molecular weight is 223 g/mol. The first-order valence-corrected chi connectivity index (χ1v) is 6.29. The molecule has 0 aliphatic heterocycles. The molecule has 0 aliphatic carbocycles. The second kappa shape index (κ2) is 6.04. The van der Waals surface area contributed by atoms with E-state index in [1.54, 1.807) is 0 Å². The molecule has 0 fully saturated rings. The third-order valence-electron chi connectivity index (χ3n) is 3.20. The third-order valence-corrected chi connectivity index (χ3v) is 3.20. The van der Waals surface area contributed by atoms with Crippen molar-refractivity contribution in [2.75, 3.05) is 6.54 Å². The Labute approximate surface area is 99.3 Å². The van der Waals surface area contributed by atoms with Gasteiger partial charge in [-0.25, -0.2) is 4.98 Å². The summed E-state index contributed by atoms with van der Waals surface area (Å²) >= 11 is 0. The highest BCUT2D eigenvalue weighted by molar-refractivity contribution is 5.09. The number of imidazole rings is 1. The van der Waals surface area contributed by atoms with Crippen LogP contribution in [0.15, 0.2) is 6.33 Å². The SMILES string of the molecule is CCCNC(C)CC(C)n1cnc(C)c1C.